The largest absolute Gasteiger partial charge is 0.402 e. The number of allylic oxidation sites excluding steroid dienone is 5. The van der Waals surface area contributed by atoms with Gasteiger partial charge in [0.2, 0.25) is 0 Å². The molecule has 1 unspecified atom stereocenters. The minimum absolute atomic E-state index is 0.183. The first-order valence-electron chi connectivity index (χ1n) is 11.7. The van der Waals surface area contributed by atoms with Gasteiger partial charge in [0.05, 0.1) is 11.7 Å². The molecule has 2 aromatic rings. The number of pyridine rings is 1. The molecule has 0 amide bonds. The Balaban J connectivity index is 1.99. The van der Waals surface area contributed by atoms with Crippen molar-refractivity contribution in [1.82, 2.24) is 4.57 Å². The van der Waals surface area contributed by atoms with Gasteiger partial charge in [-0.3, -0.25) is 15.4 Å². The molecule has 4 N–H and O–H groups in total. The second kappa shape index (κ2) is 9.44. The Morgan fingerprint density at radius 2 is 1.97 bits per heavy atom. The van der Waals surface area contributed by atoms with E-state index >= 15 is 4.39 Å². The van der Waals surface area contributed by atoms with E-state index < -0.39 is 17.7 Å². The molecule has 6 nitrogen and oxygen atoms in total. The second-order valence-electron chi connectivity index (χ2n) is 8.92. The monoisotopic (exact) mass is 476 g/mol. The van der Waals surface area contributed by atoms with Gasteiger partial charge in [-0.05, 0) is 63.3 Å². The van der Waals surface area contributed by atoms with Crippen LogP contribution in [0.25, 0.3) is 0 Å². The fourth-order valence-corrected chi connectivity index (χ4v) is 4.62. The summed E-state index contributed by atoms with van der Waals surface area (Å²) in [5.41, 5.74) is 11.4. The Hall–Kier alpha value is -3.81. The summed E-state index contributed by atoms with van der Waals surface area (Å²) in [6.45, 7) is 7.24. The predicted octanol–water partition coefficient (Wildman–Crippen LogP) is 5.61. The summed E-state index contributed by atoms with van der Waals surface area (Å²) in [5.74, 6) is -0.542. The zero-order chi connectivity index (χ0) is 25.4. The predicted molar refractivity (Wildman–Crippen MR) is 135 cm³/mol. The van der Waals surface area contributed by atoms with Gasteiger partial charge in [-0.15, -0.1) is 0 Å². The molecule has 0 radical (unpaired) electrons. The van der Waals surface area contributed by atoms with Crippen molar-refractivity contribution in [3.05, 3.63) is 93.4 Å². The van der Waals surface area contributed by atoms with Gasteiger partial charge in [-0.25, -0.2) is 13.8 Å². The molecule has 35 heavy (non-hydrogen) atoms. The number of anilines is 1. The highest BCUT2D eigenvalue weighted by Gasteiger charge is 2.45. The minimum atomic E-state index is -0.670. The van der Waals surface area contributed by atoms with Crippen molar-refractivity contribution in [3.63, 3.8) is 0 Å². The van der Waals surface area contributed by atoms with E-state index in [1.807, 2.05) is 11.0 Å². The van der Waals surface area contributed by atoms with Crippen LogP contribution in [0.5, 0.6) is 0 Å². The zero-order valence-electron chi connectivity index (χ0n) is 20.4. The lowest BCUT2D eigenvalue weighted by Crippen LogP contribution is -2.51. The van der Waals surface area contributed by atoms with Gasteiger partial charge < -0.3 is 10.6 Å². The van der Waals surface area contributed by atoms with Gasteiger partial charge in [0.15, 0.2) is 0 Å². The summed E-state index contributed by atoms with van der Waals surface area (Å²) in [4.78, 5) is 6.90. The number of aromatic nitrogens is 1. The molecule has 8 heteroatoms. The molecule has 1 atom stereocenters. The average Bonchev–Trinajstić information content (AvgIpc) is 2.79. The number of benzene rings is 1. The van der Waals surface area contributed by atoms with Crippen LogP contribution in [0.3, 0.4) is 0 Å². The van der Waals surface area contributed by atoms with Crippen LogP contribution in [0.15, 0.2) is 70.1 Å². The van der Waals surface area contributed by atoms with E-state index in [9.17, 15) is 4.39 Å². The Labute approximate surface area is 203 Å². The Morgan fingerprint density at radius 1 is 1.23 bits per heavy atom. The van der Waals surface area contributed by atoms with E-state index in [1.165, 1.54) is 16.7 Å². The molecule has 1 aromatic heterocycles. The standard InChI is InChI=1S/C27H30F2N6/c1-5-18-8-6-7-9-23(18)33-27-24(16(3)30)25(21-11-10-19(28)13-22(21)29)35(27)20-12-15(2)26(32)34(14-20)17(4)31/h6,8,10-14,25,31-32H,5,7,9,30H2,1-4H3. The molecule has 1 fully saturated rings. The number of halogens is 2. The molecule has 1 aliphatic carbocycles. The van der Waals surface area contributed by atoms with Crippen molar-refractivity contribution in [2.45, 2.75) is 53.0 Å². The van der Waals surface area contributed by atoms with Gasteiger partial charge in [0.25, 0.3) is 0 Å². The summed E-state index contributed by atoms with van der Waals surface area (Å²) in [6.07, 6.45) is 8.40. The number of aliphatic imine (C=N–C) groups is 1. The third-order valence-electron chi connectivity index (χ3n) is 6.42. The van der Waals surface area contributed by atoms with E-state index in [2.05, 4.69) is 19.1 Å². The van der Waals surface area contributed by atoms with Crippen LogP contribution in [-0.2, 0) is 0 Å². The number of hydrogen-bond acceptors (Lipinski definition) is 4. The van der Waals surface area contributed by atoms with E-state index in [4.69, 9.17) is 21.5 Å². The van der Waals surface area contributed by atoms with Crippen LogP contribution in [0, 0.1) is 29.4 Å². The van der Waals surface area contributed by atoms with Gasteiger partial charge in [-0.2, -0.15) is 0 Å². The summed E-state index contributed by atoms with van der Waals surface area (Å²) in [6, 6.07) is 4.74. The number of nitrogens with two attached hydrogens (primary N) is 1. The maximum absolute atomic E-state index is 15.0. The first kappa shape index (κ1) is 24.3. The number of nitrogens with zero attached hydrogens (tertiary/aromatic N) is 3. The maximum Gasteiger partial charge on any atom is 0.141 e. The summed E-state index contributed by atoms with van der Waals surface area (Å²) >= 11 is 0. The first-order valence-corrected chi connectivity index (χ1v) is 11.7. The van der Waals surface area contributed by atoms with Crippen LogP contribution in [-0.4, -0.2) is 16.2 Å². The molecule has 2 heterocycles. The number of nitrogens with one attached hydrogen (secondary N) is 2. The number of aryl methyl sites for hydroxylation is 1. The first-order chi connectivity index (χ1) is 16.6. The summed E-state index contributed by atoms with van der Waals surface area (Å²) in [7, 11) is 0. The van der Waals surface area contributed by atoms with E-state index in [1.54, 1.807) is 27.0 Å². The summed E-state index contributed by atoms with van der Waals surface area (Å²) < 4.78 is 30.3. The van der Waals surface area contributed by atoms with Crippen molar-refractivity contribution >= 4 is 17.4 Å². The van der Waals surface area contributed by atoms with Crippen molar-refractivity contribution in [2.75, 3.05) is 4.90 Å². The molecule has 1 aliphatic heterocycles. The number of amidine groups is 1. The SMILES string of the molecule is CCC1=C(N=C2C(=C(C)N)C(c3ccc(F)cc3F)N2c2cc(C)c(=N)n(C(C)=N)c2)CCC=C1. The third kappa shape index (κ3) is 4.36. The molecule has 0 spiro atoms. The van der Waals surface area contributed by atoms with Crippen LogP contribution in [0.4, 0.5) is 14.5 Å². The molecular formula is C27H30F2N6. The maximum atomic E-state index is 15.0. The summed E-state index contributed by atoms with van der Waals surface area (Å²) in [5, 5.41) is 16.5. The lowest BCUT2D eigenvalue weighted by Gasteiger charge is -2.47. The molecule has 0 saturated carbocycles. The Kier molecular flexibility index (Phi) is 6.56. The molecular weight excluding hydrogens is 446 g/mol. The normalized spacial score (nSPS) is 20.3. The van der Waals surface area contributed by atoms with Crippen molar-refractivity contribution in [3.8, 4) is 0 Å². The van der Waals surface area contributed by atoms with E-state index in [0.29, 0.717) is 28.4 Å². The van der Waals surface area contributed by atoms with Crippen LogP contribution < -0.4 is 16.1 Å². The third-order valence-corrected chi connectivity index (χ3v) is 6.42. The molecule has 1 aromatic carbocycles. The van der Waals surface area contributed by atoms with Crippen LogP contribution >= 0.6 is 0 Å². The Bertz CT molecular complexity index is 1390. The minimum Gasteiger partial charge on any atom is -0.402 e. The second-order valence-corrected chi connectivity index (χ2v) is 8.92. The van der Waals surface area contributed by atoms with Crippen molar-refractivity contribution in [2.24, 2.45) is 10.7 Å². The van der Waals surface area contributed by atoms with Crippen molar-refractivity contribution < 1.29 is 8.78 Å². The fourth-order valence-electron chi connectivity index (χ4n) is 4.62. The highest BCUT2D eigenvalue weighted by molar-refractivity contribution is 6.19. The van der Waals surface area contributed by atoms with Crippen LogP contribution in [0.1, 0.15) is 57.2 Å². The molecule has 182 valence electrons. The van der Waals surface area contributed by atoms with Gasteiger partial charge >= 0.3 is 0 Å². The fraction of sp³-hybridized carbons (Fsp3) is 0.296. The van der Waals surface area contributed by atoms with E-state index in [0.717, 1.165) is 36.6 Å². The topological polar surface area (TPSA) is 94.2 Å². The number of hydrogen-bond donors (Lipinski definition) is 3. The lowest BCUT2D eigenvalue weighted by atomic mass is 9.85. The molecule has 2 aliphatic rings. The molecule has 4 rings (SSSR count). The van der Waals surface area contributed by atoms with Gasteiger partial charge in [-0.1, -0.05) is 25.1 Å². The lowest BCUT2D eigenvalue weighted by molar-refractivity contribution is 0.560. The van der Waals surface area contributed by atoms with Gasteiger partial charge in [0.1, 0.15) is 28.8 Å². The molecule has 1 saturated heterocycles. The van der Waals surface area contributed by atoms with Crippen LogP contribution in [0.2, 0.25) is 0 Å². The highest BCUT2D eigenvalue weighted by Crippen LogP contribution is 2.46. The quantitative estimate of drug-likeness (QED) is 0.395. The van der Waals surface area contributed by atoms with Gasteiger partial charge in [0, 0.05) is 34.8 Å². The average molecular weight is 477 g/mol. The van der Waals surface area contributed by atoms with Crippen molar-refractivity contribution in [1.29, 1.82) is 10.8 Å². The molecule has 0 bridgehead atoms. The van der Waals surface area contributed by atoms with E-state index in [-0.39, 0.29) is 16.9 Å². The number of rotatable bonds is 4. The smallest absolute Gasteiger partial charge is 0.141 e. The zero-order valence-corrected chi connectivity index (χ0v) is 20.4. The Morgan fingerprint density at radius 3 is 2.60 bits per heavy atom. The highest BCUT2D eigenvalue weighted by atomic mass is 19.1.